The predicted octanol–water partition coefficient (Wildman–Crippen LogP) is 2.50. The van der Waals surface area contributed by atoms with Gasteiger partial charge in [-0.3, -0.25) is 14.3 Å². The van der Waals surface area contributed by atoms with Crippen LogP contribution in [0.15, 0.2) is 73.2 Å². The van der Waals surface area contributed by atoms with E-state index in [1.165, 1.54) is 5.56 Å². The van der Waals surface area contributed by atoms with E-state index < -0.39 is 0 Å². The number of benzene rings is 2. The molecule has 2 heterocycles. The Morgan fingerprint density at radius 3 is 2.64 bits per heavy atom. The van der Waals surface area contributed by atoms with Crippen LogP contribution >= 0.6 is 0 Å². The summed E-state index contributed by atoms with van der Waals surface area (Å²) in [4.78, 5) is 19.2. The molecule has 1 fully saturated rings. The highest BCUT2D eigenvalue weighted by Gasteiger charge is 2.22. The Balaban J connectivity index is 1.33. The van der Waals surface area contributed by atoms with Crippen LogP contribution in [0.1, 0.15) is 16.1 Å². The molecule has 1 saturated heterocycles. The Hall–Kier alpha value is -2.96. The van der Waals surface area contributed by atoms with Crippen molar-refractivity contribution in [3.05, 3.63) is 84.4 Å². The second kappa shape index (κ2) is 8.82. The third-order valence-corrected chi connectivity index (χ3v) is 4.87. The Kier molecular flexibility index (Phi) is 5.80. The number of carbonyl (C=O) groups is 1. The largest absolute Gasteiger partial charge is 0.374 e. The lowest BCUT2D eigenvalue weighted by Gasteiger charge is -2.33. The summed E-state index contributed by atoms with van der Waals surface area (Å²) in [6.07, 6.45) is 3.23. The van der Waals surface area contributed by atoms with Crippen LogP contribution in [-0.4, -0.2) is 52.7 Å². The first-order valence-electron chi connectivity index (χ1n) is 9.53. The van der Waals surface area contributed by atoms with E-state index in [2.05, 4.69) is 39.5 Å². The molecule has 28 heavy (non-hydrogen) atoms. The van der Waals surface area contributed by atoms with E-state index in [9.17, 15) is 4.79 Å². The van der Waals surface area contributed by atoms with E-state index in [1.807, 2.05) is 36.4 Å². The highest BCUT2D eigenvalue weighted by Crippen LogP contribution is 2.12. The minimum absolute atomic E-state index is 0.0190. The minimum Gasteiger partial charge on any atom is -0.374 e. The van der Waals surface area contributed by atoms with Crippen molar-refractivity contribution in [1.82, 2.24) is 19.8 Å². The van der Waals surface area contributed by atoms with Gasteiger partial charge < -0.3 is 10.1 Å². The quantitative estimate of drug-likeness (QED) is 0.718. The van der Waals surface area contributed by atoms with Crippen LogP contribution < -0.4 is 5.32 Å². The number of rotatable bonds is 6. The van der Waals surface area contributed by atoms with Gasteiger partial charge in [0.15, 0.2) is 0 Å². The average molecular weight is 376 g/mol. The zero-order chi connectivity index (χ0) is 19.2. The Labute approximate surface area is 164 Å². The van der Waals surface area contributed by atoms with Crippen LogP contribution in [0.2, 0.25) is 0 Å². The standard InChI is InChI=1S/C22H24N4O2/c27-22(21-14-23-17-26(21)19-9-5-2-6-10-19)24-13-20-16-25(11-12-28-20)15-18-7-3-1-4-8-18/h1-10,14,17,20H,11-13,15-16H2,(H,24,27)/t20-/m0/s1. The molecule has 0 bridgehead atoms. The van der Waals surface area contributed by atoms with Crippen LogP contribution in [0.25, 0.3) is 5.69 Å². The van der Waals surface area contributed by atoms with Gasteiger partial charge >= 0.3 is 0 Å². The molecule has 0 radical (unpaired) electrons. The molecule has 1 aromatic heterocycles. The summed E-state index contributed by atoms with van der Waals surface area (Å²) in [5.41, 5.74) is 2.72. The first-order valence-corrected chi connectivity index (χ1v) is 9.53. The van der Waals surface area contributed by atoms with Gasteiger partial charge in [0.05, 0.1) is 25.2 Å². The van der Waals surface area contributed by atoms with E-state index >= 15 is 0 Å². The van der Waals surface area contributed by atoms with Gasteiger partial charge in [-0.15, -0.1) is 0 Å². The van der Waals surface area contributed by atoms with E-state index in [0.717, 1.165) is 25.3 Å². The van der Waals surface area contributed by atoms with Crippen molar-refractivity contribution in [3.63, 3.8) is 0 Å². The van der Waals surface area contributed by atoms with Gasteiger partial charge in [-0.1, -0.05) is 48.5 Å². The van der Waals surface area contributed by atoms with Crippen molar-refractivity contribution in [2.75, 3.05) is 26.2 Å². The number of nitrogens with one attached hydrogen (secondary N) is 1. The number of hydrogen-bond acceptors (Lipinski definition) is 4. The second-order valence-electron chi connectivity index (χ2n) is 6.91. The summed E-state index contributed by atoms with van der Waals surface area (Å²) in [7, 11) is 0. The monoisotopic (exact) mass is 376 g/mol. The van der Waals surface area contributed by atoms with Crippen molar-refractivity contribution >= 4 is 5.91 Å². The second-order valence-corrected chi connectivity index (χ2v) is 6.91. The van der Waals surface area contributed by atoms with E-state index in [0.29, 0.717) is 18.8 Å². The van der Waals surface area contributed by atoms with Crippen molar-refractivity contribution < 1.29 is 9.53 Å². The molecule has 6 nitrogen and oxygen atoms in total. The highest BCUT2D eigenvalue weighted by atomic mass is 16.5. The van der Waals surface area contributed by atoms with Crippen LogP contribution in [-0.2, 0) is 11.3 Å². The summed E-state index contributed by atoms with van der Waals surface area (Å²) in [5.74, 6) is -0.148. The molecule has 2 aromatic carbocycles. The van der Waals surface area contributed by atoms with Crippen molar-refractivity contribution in [1.29, 1.82) is 0 Å². The van der Waals surface area contributed by atoms with Crippen molar-refractivity contribution in [2.45, 2.75) is 12.6 Å². The van der Waals surface area contributed by atoms with Gasteiger partial charge in [-0.2, -0.15) is 0 Å². The Morgan fingerprint density at radius 2 is 1.86 bits per heavy atom. The van der Waals surface area contributed by atoms with E-state index in [1.54, 1.807) is 17.1 Å². The molecule has 1 N–H and O–H groups in total. The lowest BCUT2D eigenvalue weighted by Crippen LogP contribution is -2.47. The number of para-hydroxylation sites is 1. The number of amides is 1. The number of aromatic nitrogens is 2. The molecule has 1 aliphatic heterocycles. The van der Waals surface area contributed by atoms with Gasteiger partial charge in [0.2, 0.25) is 0 Å². The summed E-state index contributed by atoms with van der Waals surface area (Å²) < 4.78 is 7.64. The Bertz CT molecular complexity index is 895. The molecule has 0 saturated carbocycles. The zero-order valence-corrected chi connectivity index (χ0v) is 15.7. The van der Waals surface area contributed by atoms with Gasteiger partial charge in [-0.05, 0) is 17.7 Å². The van der Waals surface area contributed by atoms with Gasteiger partial charge in [-0.25, -0.2) is 4.98 Å². The number of hydrogen-bond donors (Lipinski definition) is 1. The fourth-order valence-electron chi connectivity index (χ4n) is 3.44. The zero-order valence-electron chi connectivity index (χ0n) is 15.7. The topological polar surface area (TPSA) is 59.4 Å². The summed E-state index contributed by atoms with van der Waals surface area (Å²) >= 11 is 0. The van der Waals surface area contributed by atoms with Crippen LogP contribution in [0, 0.1) is 0 Å². The van der Waals surface area contributed by atoms with Gasteiger partial charge in [0.1, 0.15) is 5.69 Å². The average Bonchev–Trinajstić information content (AvgIpc) is 3.24. The normalized spacial score (nSPS) is 17.4. The lowest BCUT2D eigenvalue weighted by molar-refractivity contribution is -0.0292. The third-order valence-electron chi connectivity index (χ3n) is 4.87. The Morgan fingerprint density at radius 1 is 1.11 bits per heavy atom. The molecule has 144 valence electrons. The summed E-state index contributed by atoms with van der Waals surface area (Å²) in [6, 6.07) is 20.1. The summed E-state index contributed by atoms with van der Waals surface area (Å²) in [6.45, 7) is 3.75. The molecule has 6 heteroatoms. The first kappa shape index (κ1) is 18.4. The molecule has 0 spiro atoms. The summed E-state index contributed by atoms with van der Waals surface area (Å²) in [5, 5.41) is 3.00. The van der Waals surface area contributed by atoms with Gasteiger partial charge in [0.25, 0.3) is 5.91 Å². The molecule has 1 aliphatic rings. The molecule has 0 unspecified atom stereocenters. The van der Waals surface area contributed by atoms with Crippen molar-refractivity contribution in [3.8, 4) is 5.69 Å². The number of ether oxygens (including phenoxy) is 1. The number of imidazole rings is 1. The predicted molar refractivity (Wildman–Crippen MR) is 107 cm³/mol. The van der Waals surface area contributed by atoms with Crippen LogP contribution in [0.4, 0.5) is 0 Å². The van der Waals surface area contributed by atoms with Gasteiger partial charge in [0, 0.05) is 31.9 Å². The third kappa shape index (κ3) is 4.47. The number of morpholine rings is 1. The maximum Gasteiger partial charge on any atom is 0.270 e. The SMILES string of the molecule is O=C(NC[C@H]1CN(Cc2ccccc2)CCO1)c1cncn1-c1ccccc1. The highest BCUT2D eigenvalue weighted by molar-refractivity contribution is 5.93. The lowest BCUT2D eigenvalue weighted by atomic mass is 10.2. The molecular weight excluding hydrogens is 352 g/mol. The fraction of sp³-hybridized carbons (Fsp3) is 0.273. The van der Waals surface area contributed by atoms with E-state index in [-0.39, 0.29) is 12.0 Å². The van der Waals surface area contributed by atoms with Crippen molar-refractivity contribution in [2.24, 2.45) is 0 Å². The van der Waals surface area contributed by atoms with Crippen LogP contribution in [0.5, 0.6) is 0 Å². The molecule has 0 aliphatic carbocycles. The maximum absolute atomic E-state index is 12.7. The first-order chi connectivity index (χ1) is 13.8. The number of nitrogens with zero attached hydrogens (tertiary/aromatic N) is 3. The molecule has 3 aromatic rings. The fourth-order valence-corrected chi connectivity index (χ4v) is 3.44. The molecule has 1 amide bonds. The smallest absolute Gasteiger partial charge is 0.270 e. The minimum atomic E-state index is -0.148. The molecule has 1 atom stereocenters. The maximum atomic E-state index is 12.7. The molecule has 4 rings (SSSR count). The molecular formula is C22H24N4O2. The number of carbonyl (C=O) groups excluding carboxylic acids is 1. The van der Waals surface area contributed by atoms with E-state index in [4.69, 9.17) is 4.74 Å². The van der Waals surface area contributed by atoms with Crippen LogP contribution in [0.3, 0.4) is 0 Å².